The first-order chi connectivity index (χ1) is 7.24. The van der Waals surface area contributed by atoms with Crippen LogP contribution in [0.5, 0.6) is 0 Å². The molecule has 0 unspecified atom stereocenters. The van der Waals surface area contributed by atoms with Gasteiger partial charge in [-0.1, -0.05) is 0 Å². The summed E-state index contributed by atoms with van der Waals surface area (Å²) < 4.78 is 12.6. The molecule has 2 aromatic rings. The van der Waals surface area contributed by atoms with E-state index in [1.807, 2.05) is 6.92 Å². The van der Waals surface area contributed by atoms with Gasteiger partial charge < -0.3 is 0 Å². The summed E-state index contributed by atoms with van der Waals surface area (Å²) in [6.45, 7) is 2.00. The van der Waals surface area contributed by atoms with Crippen LogP contribution in [0, 0.1) is 12.7 Å². The van der Waals surface area contributed by atoms with Gasteiger partial charge >= 0.3 is 0 Å². The van der Waals surface area contributed by atoms with Gasteiger partial charge in [-0.3, -0.25) is 0 Å². The molecule has 0 atom stereocenters. The Hall–Kier alpha value is -0.870. The number of nitrogens with zero attached hydrogens (tertiary/aromatic N) is 1. The lowest BCUT2D eigenvalue weighted by molar-refractivity contribution is 0.626. The maximum Gasteiger partial charge on any atom is 0.123 e. The Morgan fingerprint density at radius 3 is 2.67 bits per heavy atom. The van der Waals surface area contributed by atoms with Gasteiger partial charge in [0, 0.05) is 16.0 Å². The van der Waals surface area contributed by atoms with E-state index in [9.17, 15) is 4.39 Å². The molecule has 78 valence electrons. The molecule has 1 nitrogen and oxygen atoms in total. The first-order valence-electron chi connectivity index (χ1n) is 4.53. The van der Waals surface area contributed by atoms with E-state index in [0.717, 1.165) is 21.3 Å². The average Bonchev–Trinajstić information content (AvgIpc) is 2.64. The van der Waals surface area contributed by atoms with Crippen molar-refractivity contribution in [3.05, 3.63) is 46.2 Å². The molecule has 1 heterocycles. The Balaban J connectivity index is 1.96. The van der Waals surface area contributed by atoms with E-state index < -0.39 is 0 Å². The Morgan fingerprint density at radius 1 is 1.33 bits per heavy atom. The first kappa shape index (κ1) is 10.6. The van der Waals surface area contributed by atoms with Crippen LogP contribution in [0.25, 0.3) is 0 Å². The molecule has 0 radical (unpaired) electrons. The van der Waals surface area contributed by atoms with Gasteiger partial charge in [-0.15, -0.1) is 23.1 Å². The minimum absolute atomic E-state index is 0.191. The van der Waals surface area contributed by atoms with E-state index in [-0.39, 0.29) is 5.82 Å². The number of benzene rings is 1. The molecule has 0 N–H and O–H groups in total. The summed E-state index contributed by atoms with van der Waals surface area (Å²) in [5.74, 6) is 0.652. The molecule has 0 saturated carbocycles. The van der Waals surface area contributed by atoms with Crippen LogP contribution in [-0.4, -0.2) is 4.98 Å². The number of thioether (sulfide) groups is 1. The van der Waals surface area contributed by atoms with Crippen LogP contribution in [0.1, 0.15) is 10.7 Å². The highest BCUT2D eigenvalue weighted by molar-refractivity contribution is 7.98. The van der Waals surface area contributed by atoms with Gasteiger partial charge in [-0.25, -0.2) is 9.37 Å². The highest BCUT2D eigenvalue weighted by Gasteiger charge is 2.00. The second kappa shape index (κ2) is 4.77. The summed E-state index contributed by atoms with van der Waals surface area (Å²) in [7, 11) is 0. The van der Waals surface area contributed by atoms with Crippen molar-refractivity contribution in [2.75, 3.05) is 0 Å². The van der Waals surface area contributed by atoms with E-state index in [2.05, 4.69) is 10.4 Å². The highest BCUT2D eigenvalue weighted by atomic mass is 32.2. The molecule has 0 amide bonds. The predicted octanol–water partition coefficient (Wildman–Crippen LogP) is 3.88. The van der Waals surface area contributed by atoms with E-state index >= 15 is 0 Å². The second-order valence-electron chi connectivity index (χ2n) is 3.10. The van der Waals surface area contributed by atoms with Gasteiger partial charge in [0.1, 0.15) is 5.82 Å². The fraction of sp³-hybridized carbons (Fsp3) is 0.182. The van der Waals surface area contributed by atoms with Crippen molar-refractivity contribution in [1.82, 2.24) is 4.98 Å². The topological polar surface area (TPSA) is 12.9 Å². The minimum Gasteiger partial charge on any atom is -0.246 e. The molecule has 1 aromatic carbocycles. The molecule has 0 aliphatic rings. The fourth-order valence-electron chi connectivity index (χ4n) is 1.16. The Bertz CT molecular complexity index is 436. The van der Waals surface area contributed by atoms with Crippen LogP contribution >= 0.6 is 23.1 Å². The van der Waals surface area contributed by atoms with Crippen LogP contribution in [0.3, 0.4) is 0 Å². The third-order valence-electron chi connectivity index (χ3n) is 1.87. The van der Waals surface area contributed by atoms with Gasteiger partial charge in [0.2, 0.25) is 0 Å². The van der Waals surface area contributed by atoms with Crippen LogP contribution in [-0.2, 0) is 5.75 Å². The van der Waals surface area contributed by atoms with Crippen molar-refractivity contribution in [3.8, 4) is 0 Å². The van der Waals surface area contributed by atoms with Crippen molar-refractivity contribution in [1.29, 1.82) is 0 Å². The number of thiazole rings is 1. The molecule has 4 heteroatoms. The molecular weight excluding hydrogens is 229 g/mol. The number of hydrogen-bond acceptors (Lipinski definition) is 3. The van der Waals surface area contributed by atoms with E-state index in [1.54, 1.807) is 35.2 Å². The Labute approximate surface area is 96.4 Å². The molecule has 0 saturated heterocycles. The molecule has 0 bridgehead atoms. The molecule has 2 rings (SSSR count). The summed E-state index contributed by atoms with van der Waals surface area (Å²) in [5, 5.41) is 3.15. The molecule has 15 heavy (non-hydrogen) atoms. The van der Waals surface area contributed by atoms with Crippen LogP contribution in [0.4, 0.5) is 4.39 Å². The average molecular weight is 239 g/mol. The maximum atomic E-state index is 12.6. The zero-order valence-corrected chi connectivity index (χ0v) is 9.87. The second-order valence-corrected chi connectivity index (χ2v) is 5.21. The number of halogens is 1. The van der Waals surface area contributed by atoms with Gasteiger partial charge in [-0.05, 0) is 31.2 Å². The quantitative estimate of drug-likeness (QED) is 0.754. The summed E-state index contributed by atoms with van der Waals surface area (Å²) in [6, 6.07) is 6.54. The lowest BCUT2D eigenvalue weighted by atomic mass is 10.4. The van der Waals surface area contributed by atoms with Gasteiger partial charge in [0.05, 0.1) is 10.7 Å². The summed E-state index contributed by atoms with van der Waals surface area (Å²) in [5.41, 5.74) is 1.09. The Morgan fingerprint density at radius 2 is 2.07 bits per heavy atom. The molecular formula is C11H10FNS2. The minimum atomic E-state index is -0.191. The zero-order valence-electron chi connectivity index (χ0n) is 8.24. The van der Waals surface area contributed by atoms with Crippen LogP contribution < -0.4 is 0 Å². The molecule has 1 aromatic heterocycles. The monoisotopic (exact) mass is 239 g/mol. The predicted molar refractivity (Wildman–Crippen MR) is 62.8 cm³/mol. The van der Waals surface area contributed by atoms with Crippen molar-refractivity contribution in [2.24, 2.45) is 0 Å². The van der Waals surface area contributed by atoms with E-state index in [4.69, 9.17) is 0 Å². The van der Waals surface area contributed by atoms with Crippen molar-refractivity contribution >= 4 is 23.1 Å². The third-order valence-corrected chi connectivity index (χ3v) is 3.73. The lowest BCUT2D eigenvalue weighted by Crippen LogP contribution is -1.81. The van der Waals surface area contributed by atoms with Gasteiger partial charge in [0.15, 0.2) is 0 Å². The molecule has 0 aliphatic carbocycles. The highest BCUT2D eigenvalue weighted by Crippen LogP contribution is 2.23. The van der Waals surface area contributed by atoms with Crippen molar-refractivity contribution < 1.29 is 4.39 Å². The van der Waals surface area contributed by atoms with Crippen LogP contribution in [0.2, 0.25) is 0 Å². The first-order valence-corrected chi connectivity index (χ1v) is 6.40. The van der Waals surface area contributed by atoms with Gasteiger partial charge in [0.25, 0.3) is 0 Å². The molecule has 0 spiro atoms. The molecule has 0 fully saturated rings. The van der Waals surface area contributed by atoms with Crippen molar-refractivity contribution in [2.45, 2.75) is 17.6 Å². The summed E-state index contributed by atoms with van der Waals surface area (Å²) in [6.07, 6.45) is 0. The number of aryl methyl sites for hydroxylation is 1. The smallest absolute Gasteiger partial charge is 0.123 e. The summed E-state index contributed by atoms with van der Waals surface area (Å²) in [4.78, 5) is 5.44. The normalized spacial score (nSPS) is 10.5. The maximum absolute atomic E-state index is 12.6. The standard InChI is InChI=1S/C11H10FNS2/c1-8-13-10(6-14-8)7-15-11-4-2-9(12)3-5-11/h2-6H,7H2,1H3. The summed E-state index contributed by atoms with van der Waals surface area (Å²) >= 11 is 3.33. The van der Waals surface area contributed by atoms with Gasteiger partial charge in [-0.2, -0.15) is 0 Å². The number of hydrogen-bond donors (Lipinski definition) is 0. The van der Waals surface area contributed by atoms with Crippen LogP contribution in [0.15, 0.2) is 34.5 Å². The number of aromatic nitrogens is 1. The van der Waals surface area contributed by atoms with Crippen molar-refractivity contribution in [3.63, 3.8) is 0 Å². The fourth-order valence-corrected chi connectivity index (χ4v) is 2.67. The lowest BCUT2D eigenvalue weighted by Gasteiger charge is -1.98. The third kappa shape index (κ3) is 3.04. The van der Waals surface area contributed by atoms with E-state index in [1.165, 1.54) is 12.1 Å². The van der Waals surface area contributed by atoms with E-state index in [0.29, 0.717) is 0 Å². The largest absolute Gasteiger partial charge is 0.246 e. The SMILES string of the molecule is Cc1nc(CSc2ccc(F)cc2)cs1. The molecule has 0 aliphatic heterocycles. The Kier molecular flexibility index (Phi) is 3.38. The zero-order chi connectivity index (χ0) is 10.7. The number of rotatable bonds is 3.